The van der Waals surface area contributed by atoms with E-state index in [4.69, 9.17) is 0 Å². The molecule has 1 aromatic rings. The van der Waals surface area contributed by atoms with Crippen LogP contribution >= 0.6 is 28.3 Å². The molecule has 1 saturated heterocycles. The minimum atomic E-state index is -3.45. The molecular weight excluding hydrogens is 352 g/mol. The van der Waals surface area contributed by atoms with Crippen LogP contribution in [0.4, 0.5) is 0 Å². The molecular formula is C12H18BrClN2O2S. The van der Waals surface area contributed by atoms with Crippen molar-refractivity contribution in [3.63, 3.8) is 0 Å². The van der Waals surface area contributed by atoms with E-state index in [-0.39, 0.29) is 18.4 Å². The van der Waals surface area contributed by atoms with Crippen molar-refractivity contribution < 1.29 is 8.42 Å². The fraction of sp³-hybridized carbons (Fsp3) is 0.500. The smallest absolute Gasteiger partial charge is 0.241 e. The van der Waals surface area contributed by atoms with Crippen LogP contribution in [0.3, 0.4) is 0 Å². The maximum Gasteiger partial charge on any atom is 0.241 e. The first kappa shape index (κ1) is 16.9. The average molecular weight is 370 g/mol. The number of hydrogen-bond donors (Lipinski definition) is 2. The summed E-state index contributed by atoms with van der Waals surface area (Å²) < 4.78 is 28.0. The van der Waals surface area contributed by atoms with E-state index in [2.05, 4.69) is 32.9 Å². The molecule has 1 fully saturated rings. The van der Waals surface area contributed by atoms with Gasteiger partial charge in [-0.1, -0.05) is 19.1 Å². The van der Waals surface area contributed by atoms with Crippen LogP contribution in [0.15, 0.2) is 33.6 Å². The van der Waals surface area contributed by atoms with Crippen molar-refractivity contribution in [2.24, 2.45) is 5.92 Å². The number of benzene rings is 1. The number of rotatable bonds is 3. The third kappa shape index (κ3) is 4.16. The Hall–Kier alpha value is -0.140. The van der Waals surface area contributed by atoms with Crippen LogP contribution < -0.4 is 10.0 Å². The number of nitrogens with one attached hydrogen (secondary N) is 2. The van der Waals surface area contributed by atoms with Gasteiger partial charge < -0.3 is 5.32 Å². The quantitative estimate of drug-likeness (QED) is 0.858. The summed E-state index contributed by atoms with van der Waals surface area (Å²) in [5, 5.41) is 3.26. The third-order valence-electron chi connectivity index (χ3n) is 3.22. The highest BCUT2D eigenvalue weighted by atomic mass is 79.9. The summed E-state index contributed by atoms with van der Waals surface area (Å²) >= 11 is 3.28. The SMILES string of the molecule is CC1CNCCC1NS(=O)(=O)c1ccccc1Br.Cl. The summed E-state index contributed by atoms with van der Waals surface area (Å²) in [5.74, 6) is 0.302. The largest absolute Gasteiger partial charge is 0.316 e. The molecule has 0 saturated carbocycles. The van der Waals surface area contributed by atoms with Gasteiger partial charge in [-0.3, -0.25) is 0 Å². The third-order valence-corrected chi connectivity index (χ3v) is 5.72. The van der Waals surface area contributed by atoms with Gasteiger partial charge in [-0.15, -0.1) is 12.4 Å². The Bertz CT molecular complexity index is 524. The van der Waals surface area contributed by atoms with Crippen LogP contribution in [-0.4, -0.2) is 27.5 Å². The maximum atomic E-state index is 12.3. The van der Waals surface area contributed by atoms with Gasteiger partial charge in [-0.05, 0) is 53.5 Å². The van der Waals surface area contributed by atoms with Crippen molar-refractivity contribution in [1.82, 2.24) is 10.0 Å². The Morgan fingerprint density at radius 3 is 2.68 bits per heavy atom. The molecule has 0 spiro atoms. The molecule has 0 aliphatic carbocycles. The Labute approximate surface area is 128 Å². The summed E-state index contributed by atoms with van der Waals surface area (Å²) in [6, 6.07) is 6.88. The molecule has 1 heterocycles. The van der Waals surface area contributed by atoms with Crippen molar-refractivity contribution in [3.05, 3.63) is 28.7 Å². The fourth-order valence-electron chi connectivity index (χ4n) is 2.11. The van der Waals surface area contributed by atoms with Crippen molar-refractivity contribution in [2.75, 3.05) is 13.1 Å². The summed E-state index contributed by atoms with van der Waals surface area (Å²) in [7, 11) is -3.45. The van der Waals surface area contributed by atoms with Crippen molar-refractivity contribution in [3.8, 4) is 0 Å². The number of sulfonamides is 1. The van der Waals surface area contributed by atoms with E-state index >= 15 is 0 Å². The first-order valence-corrected chi connectivity index (χ1v) is 8.26. The van der Waals surface area contributed by atoms with Gasteiger partial charge in [0.15, 0.2) is 0 Å². The van der Waals surface area contributed by atoms with Gasteiger partial charge in [0.2, 0.25) is 10.0 Å². The van der Waals surface area contributed by atoms with Crippen LogP contribution in [0.25, 0.3) is 0 Å². The van der Waals surface area contributed by atoms with E-state index < -0.39 is 10.0 Å². The molecule has 1 aliphatic heterocycles. The Morgan fingerprint density at radius 1 is 1.37 bits per heavy atom. The predicted octanol–water partition coefficient (Wildman–Crippen LogP) is 2.15. The van der Waals surface area contributed by atoms with Crippen LogP contribution in [0.5, 0.6) is 0 Å². The zero-order valence-electron chi connectivity index (χ0n) is 10.6. The number of halogens is 2. The van der Waals surface area contributed by atoms with E-state index in [1.54, 1.807) is 24.3 Å². The first-order valence-electron chi connectivity index (χ1n) is 5.98. The van der Waals surface area contributed by atoms with Crippen LogP contribution in [-0.2, 0) is 10.0 Å². The lowest BCUT2D eigenvalue weighted by Gasteiger charge is -2.30. The zero-order chi connectivity index (χ0) is 13.2. The Balaban J connectivity index is 0.00000180. The second kappa shape index (κ2) is 7.04. The molecule has 2 unspecified atom stereocenters. The van der Waals surface area contributed by atoms with Crippen molar-refractivity contribution in [2.45, 2.75) is 24.3 Å². The molecule has 4 nitrogen and oxygen atoms in total. The predicted molar refractivity (Wildman–Crippen MR) is 82.2 cm³/mol. The Kier molecular flexibility index (Phi) is 6.26. The van der Waals surface area contributed by atoms with Crippen LogP contribution in [0.2, 0.25) is 0 Å². The summed E-state index contributed by atoms with van der Waals surface area (Å²) in [5.41, 5.74) is 0. The van der Waals surface area contributed by atoms with Crippen LogP contribution in [0, 0.1) is 5.92 Å². The normalized spacial score (nSPS) is 23.7. The zero-order valence-corrected chi connectivity index (χ0v) is 13.8. The van der Waals surface area contributed by atoms with E-state index in [1.165, 1.54) is 0 Å². The van der Waals surface area contributed by atoms with Gasteiger partial charge in [-0.25, -0.2) is 13.1 Å². The molecule has 108 valence electrons. The van der Waals surface area contributed by atoms with E-state index in [0.717, 1.165) is 19.5 Å². The second-order valence-electron chi connectivity index (χ2n) is 4.63. The molecule has 1 aromatic carbocycles. The van der Waals surface area contributed by atoms with Crippen LogP contribution in [0.1, 0.15) is 13.3 Å². The van der Waals surface area contributed by atoms with Gasteiger partial charge >= 0.3 is 0 Å². The van der Waals surface area contributed by atoms with E-state index in [0.29, 0.717) is 15.3 Å². The minimum Gasteiger partial charge on any atom is -0.316 e. The van der Waals surface area contributed by atoms with Gasteiger partial charge in [0.05, 0.1) is 4.90 Å². The van der Waals surface area contributed by atoms with Crippen molar-refractivity contribution >= 4 is 38.4 Å². The molecule has 7 heteroatoms. The number of piperidine rings is 1. The second-order valence-corrected chi connectivity index (χ2v) is 7.17. The average Bonchev–Trinajstić information content (AvgIpc) is 2.32. The highest BCUT2D eigenvalue weighted by molar-refractivity contribution is 9.10. The molecule has 0 aromatic heterocycles. The van der Waals surface area contributed by atoms with Gasteiger partial charge in [0.25, 0.3) is 0 Å². The highest BCUT2D eigenvalue weighted by Gasteiger charge is 2.27. The summed E-state index contributed by atoms with van der Waals surface area (Å²) in [4.78, 5) is 0.302. The molecule has 2 atom stereocenters. The first-order chi connectivity index (χ1) is 8.50. The topological polar surface area (TPSA) is 58.2 Å². The Morgan fingerprint density at radius 2 is 2.05 bits per heavy atom. The van der Waals surface area contributed by atoms with Crippen molar-refractivity contribution in [1.29, 1.82) is 0 Å². The summed E-state index contributed by atoms with van der Waals surface area (Å²) in [6.45, 7) is 3.76. The molecule has 19 heavy (non-hydrogen) atoms. The van der Waals surface area contributed by atoms with Gasteiger partial charge in [0, 0.05) is 10.5 Å². The summed E-state index contributed by atoms with van der Waals surface area (Å²) in [6.07, 6.45) is 0.824. The van der Waals surface area contributed by atoms with E-state index in [9.17, 15) is 8.42 Å². The number of hydrogen-bond acceptors (Lipinski definition) is 3. The lowest BCUT2D eigenvalue weighted by Crippen LogP contribution is -2.48. The fourth-order valence-corrected chi connectivity index (χ4v) is 4.50. The van der Waals surface area contributed by atoms with Gasteiger partial charge in [0.1, 0.15) is 0 Å². The van der Waals surface area contributed by atoms with E-state index in [1.807, 2.05) is 0 Å². The molecule has 0 radical (unpaired) electrons. The molecule has 0 amide bonds. The minimum absolute atomic E-state index is 0. The lowest BCUT2D eigenvalue weighted by molar-refractivity contribution is 0.328. The standard InChI is InChI=1S/C12H17BrN2O2S.ClH/c1-9-8-14-7-6-11(9)15-18(16,17)12-5-3-2-4-10(12)13;/h2-5,9,11,14-15H,6-8H2,1H3;1H. The monoisotopic (exact) mass is 368 g/mol. The molecule has 2 N–H and O–H groups in total. The molecule has 1 aliphatic rings. The highest BCUT2D eigenvalue weighted by Crippen LogP contribution is 2.22. The molecule has 2 rings (SSSR count). The maximum absolute atomic E-state index is 12.3. The van der Waals surface area contributed by atoms with Gasteiger partial charge in [-0.2, -0.15) is 0 Å². The molecule has 0 bridgehead atoms. The lowest BCUT2D eigenvalue weighted by atomic mass is 9.97.